The van der Waals surface area contributed by atoms with Crippen molar-refractivity contribution in [2.24, 2.45) is 0 Å². The molecule has 0 aliphatic carbocycles. The smallest absolute Gasteiger partial charge is 0.252 e. The average molecular weight is 579 g/mol. The van der Waals surface area contributed by atoms with Crippen LogP contribution < -0.4 is 26.2 Å². The topological polar surface area (TPSA) is 6.48 Å². The van der Waals surface area contributed by atoms with Gasteiger partial charge in [-0.25, -0.2) is 0 Å². The van der Waals surface area contributed by atoms with Crippen molar-refractivity contribution in [3.05, 3.63) is 145 Å². The Morgan fingerprint density at radius 1 is 0.600 bits per heavy atom. The highest BCUT2D eigenvalue weighted by Crippen LogP contribution is 2.46. The second-order valence-corrected chi connectivity index (χ2v) is 13.0. The molecule has 3 heteroatoms. The molecule has 9 rings (SSSR count). The Hall–Kier alpha value is -5.02. The highest BCUT2D eigenvalue weighted by atomic mass is 15.2. The van der Waals surface area contributed by atoms with Crippen LogP contribution >= 0.6 is 0 Å². The third kappa shape index (κ3) is 4.03. The number of para-hydroxylation sites is 1. The van der Waals surface area contributed by atoms with Gasteiger partial charge >= 0.3 is 0 Å². The third-order valence-corrected chi connectivity index (χ3v) is 10.1. The van der Waals surface area contributed by atoms with Gasteiger partial charge in [0, 0.05) is 35.0 Å². The number of nitrogens with zero attached hydrogens (tertiary/aromatic N) is 2. The minimum Gasteiger partial charge on any atom is -0.342 e. The Morgan fingerprint density at radius 3 is 2.00 bits per heavy atom. The summed E-state index contributed by atoms with van der Waals surface area (Å²) in [5.41, 5.74) is 19.0. The molecule has 3 heterocycles. The van der Waals surface area contributed by atoms with Gasteiger partial charge in [0.25, 0.3) is 6.71 Å². The lowest BCUT2D eigenvalue weighted by Crippen LogP contribution is -2.62. The first kappa shape index (κ1) is 26.4. The summed E-state index contributed by atoms with van der Waals surface area (Å²) in [6.45, 7) is 5.87. The fourth-order valence-electron chi connectivity index (χ4n) is 8.05. The van der Waals surface area contributed by atoms with Gasteiger partial charge < -0.3 is 9.80 Å². The molecule has 0 N–H and O–H groups in total. The minimum absolute atomic E-state index is 0.170. The summed E-state index contributed by atoms with van der Waals surface area (Å²) < 4.78 is 0. The molecule has 6 aromatic carbocycles. The van der Waals surface area contributed by atoms with Crippen molar-refractivity contribution in [2.75, 3.05) is 16.3 Å². The van der Waals surface area contributed by atoms with Gasteiger partial charge in [-0.3, -0.25) is 0 Å². The average Bonchev–Trinajstić information content (AvgIpc) is 3.10. The predicted molar refractivity (Wildman–Crippen MR) is 193 cm³/mol. The molecule has 0 radical (unpaired) electrons. The van der Waals surface area contributed by atoms with E-state index in [2.05, 4.69) is 157 Å². The summed E-state index contributed by atoms with van der Waals surface area (Å²) in [6, 6.07) is 49.8. The van der Waals surface area contributed by atoms with Crippen molar-refractivity contribution < 1.29 is 0 Å². The number of hydrogen-bond acceptors (Lipinski definition) is 2. The molecule has 45 heavy (non-hydrogen) atoms. The van der Waals surface area contributed by atoms with Crippen LogP contribution in [0.15, 0.2) is 133 Å². The number of fused-ring (bicyclic) bond motifs is 4. The van der Waals surface area contributed by atoms with E-state index in [0.29, 0.717) is 5.92 Å². The lowest BCUT2D eigenvalue weighted by atomic mass is 9.33. The summed E-state index contributed by atoms with van der Waals surface area (Å²) in [5.74, 6) is 0.418. The zero-order valence-corrected chi connectivity index (χ0v) is 25.9. The van der Waals surface area contributed by atoms with Crippen molar-refractivity contribution >= 4 is 51.5 Å². The van der Waals surface area contributed by atoms with Gasteiger partial charge in [0.15, 0.2) is 0 Å². The fraction of sp³-hybridized carbons (Fsp3) is 0.143. The second kappa shape index (κ2) is 10.3. The standard InChI is InChI=1S/C42H35BN2/c1-28(2)32-26-39-41-40(27-32)45(33-17-10-5-11-18-33)38-25-31(29-13-6-3-7-14-29)20-22-36(38)43(41)37-23-21-34(30-15-8-4-9-16-30)35-19-12-24-44(39)42(35)37/h3-11,13-18,20-23,25-28H,12,19,24H2,1-2H3. The summed E-state index contributed by atoms with van der Waals surface area (Å²) in [5, 5.41) is 0. The maximum Gasteiger partial charge on any atom is 0.252 e. The van der Waals surface area contributed by atoms with Crippen molar-refractivity contribution in [3.8, 4) is 22.3 Å². The van der Waals surface area contributed by atoms with E-state index in [-0.39, 0.29) is 6.71 Å². The minimum atomic E-state index is 0.170. The molecule has 3 aliphatic rings. The van der Waals surface area contributed by atoms with E-state index in [4.69, 9.17) is 0 Å². The van der Waals surface area contributed by atoms with Crippen LogP contribution in [0.5, 0.6) is 0 Å². The molecule has 0 atom stereocenters. The summed E-state index contributed by atoms with van der Waals surface area (Å²) >= 11 is 0. The zero-order valence-electron chi connectivity index (χ0n) is 25.9. The van der Waals surface area contributed by atoms with Crippen LogP contribution in [-0.2, 0) is 6.42 Å². The molecule has 0 aromatic heterocycles. The van der Waals surface area contributed by atoms with E-state index in [1.54, 1.807) is 0 Å². The van der Waals surface area contributed by atoms with Crippen LogP contribution in [0.3, 0.4) is 0 Å². The highest BCUT2D eigenvalue weighted by Gasteiger charge is 2.45. The maximum atomic E-state index is 2.67. The van der Waals surface area contributed by atoms with Gasteiger partial charge in [0.1, 0.15) is 0 Å². The molecule has 3 aliphatic heterocycles. The van der Waals surface area contributed by atoms with Gasteiger partial charge in [-0.1, -0.05) is 117 Å². The molecule has 0 spiro atoms. The summed E-state index contributed by atoms with van der Waals surface area (Å²) in [7, 11) is 0. The van der Waals surface area contributed by atoms with Crippen molar-refractivity contribution in [1.82, 2.24) is 0 Å². The lowest BCUT2D eigenvalue weighted by Gasteiger charge is -2.47. The van der Waals surface area contributed by atoms with Crippen molar-refractivity contribution in [3.63, 3.8) is 0 Å². The van der Waals surface area contributed by atoms with Crippen LogP contribution in [0.2, 0.25) is 0 Å². The van der Waals surface area contributed by atoms with E-state index in [9.17, 15) is 0 Å². The summed E-state index contributed by atoms with van der Waals surface area (Å²) in [4.78, 5) is 5.21. The van der Waals surface area contributed by atoms with Crippen molar-refractivity contribution in [1.29, 1.82) is 0 Å². The number of rotatable bonds is 4. The zero-order chi connectivity index (χ0) is 30.1. The Morgan fingerprint density at radius 2 is 1.27 bits per heavy atom. The van der Waals surface area contributed by atoms with Gasteiger partial charge in [0.05, 0.1) is 0 Å². The highest BCUT2D eigenvalue weighted by molar-refractivity contribution is 7.00. The van der Waals surface area contributed by atoms with Gasteiger partial charge in [-0.15, -0.1) is 0 Å². The molecule has 216 valence electrons. The van der Waals surface area contributed by atoms with Gasteiger partial charge in [-0.05, 0) is 98.9 Å². The molecule has 0 amide bonds. The quantitative estimate of drug-likeness (QED) is 0.193. The molecule has 6 aromatic rings. The SMILES string of the molecule is CC(C)c1cc2c3c(c1)N(c1ccccc1)c1cc(-c4ccccc4)ccc1B3c1ccc(-c3ccccc3)c3c1N2CCC3. The number of hydrogen-bond donors (Lipinski definition) is 0. The molecular weight excluding hydrogens is 543 g/mol. The molecule has 2 nitrogen and oxygen atoms in total. The van der Waals surface area contributed by atoms with E-state index in [1.165, 1.54) is 78.2 Å². The molecule has 0 fully saturated rings. The van der Waals surface area contributed by atoms with Crippen LogP contribution in [0.25, 0.3) is 22.3 Å². The largest absolute Gasteiger partial charge is 0.342 e. The second-order valence-electron chi connectivity index (χ2n) is 13.0. The number of benzene rings is 6. The molecule has 0 saturated carbocycles. The maximum absolute atomic E-state index is 2.67. The molecule has 0 bridgehead atoms. The number of anilines is 5. The van der Waals surface area contributed by atoms with Crippen LogP contribution in [0.1, 0.15) is 37.3 Å². The Kier molecular flexibility index (Phi) is 6.03. The third-order valence-electron chi connectivity index (χ3n) is 10.1. The molecule has 0 unspecified atom stereocenters. The van der Waals surface area contributed by atoms with Gasteiger partial charge in [-0.2, -0.15) is 0 Å². The van der Waals surface area contributed by atoms with E-state index < -0.39 is 0 Å². The van der Waals surface area contributed by atoms with E-state index >= 15 is 0 Å². The Labute approximate surface area is 266 Å². The van der Waals surface area contributed by atoms with E-state index in [0.717, 1.165) is 19.4 Å². The Balaban J connectivity index is 1.37. The predicted octanol–water partition coefficient (Wildman–Crippen LogP) is 8.84. The first-order chi connectivity index (χ1) is 22.2. The summed E-state index contributed by atoms with van der Waals surface area (Å²) in [6.07, 6.45) is 2.26. The Bertz CT molecular complexity index is 2070. The fourth-order valence-corrected chi connectivity index (χ4v) is 8.05. The van der Waals surface area contributed by atoms with E-state index in [1.807, 2.05) is 0 Å². The first-order valence-corrected chi connectivity index (χ1v) is 16.4. The van der Waals surface area contributed by atoms with Crippen molar-refractivity contribution in [2.45, 2.75) is 32.6 Å². The van der Waals surface area contributed by atoms with Crippen LogP contribution in [-0.4, -0.2) is 13.3 Å². The first-order valence-electron chi connectivity index (χ1n) is 16.4. The van der Waals surface area contributed by atoms with Gasteiger partial charge in [0.2, 0.25) is 0 Å². The van der Waals surface area contributed by atoms with Crippen LogP contribution in [0, 0.1) is 0 Å². The van der Waals surface area contributed by atoms with Crippen LogP contribution in [0.4, 0.5) is 28.4 Å². The molecular formula is C42H35BN2. The normalized spacial score (nSPS) is 14.2. The molecule has 0 saturated heterocycles. The lowest BCUT2D eigenvalue weighted by molar-refractivity contribution is 0.768. The monoisotopic (exact) mass is 578 g/mol.